The minimum absolute atomic E-state index is 0.0471. The van der Waals surface area contributed by atoms with E-state index in [1.54, 1.807) is 0 Å². The van der Waals surface area contributed by atoms with Crippen LogP contribution in [0.4, 0.5) is 5.95 Å². The van der Waals surface area contributed by atoms with Gasteiger partial charge >= 0.3 is 0 Å². The zero-order valence-electron chi connectivity index (χ0n) is 22.0. The Kier molecular flexibility index (Phi) is 8.35. The first-order valence-corrected chi connectivity index (χ1v) is 13.4. The van der Waals surface area contributed by atoms with Gasteiger partial charge in [-0.3, -0.25) is 4.79 Å². The number of aliphatic hydroxyl groups is 1. The number of aromatic nitrogens is 2. The van der Waals surface area contributed by atoms with Gasteiger partial charge in [-0.25, -0.2) is 4.98 Å². The highest BCUT2D eigenvalue weighted by Crippen LogP contribution is 2.37. The second-order valence-electron chi connectivity index (χ2n) is 11.6. The van der Waals surface area contributed by atoms with E-state index in [-0.39, 0.29) is 29.8 Å². The number of ether oxygens (including phenoxy) is 1. The molecule has 36 heavy (non-hydrogen) atoms. The molecule has 3 aromatic rings. The Balaban J connectivity index is 1.55. The number of fused-ring (bicyclic) bond motifs is 1. The number of nitrogens with two attached hydrogens (primary N) is 1. The Hall–Kier alpha value is -2.86. The highest BCUT2D eigenvalue weighted by molar-refractivity contribution is 5.81. The lowest BCUT2D eigenvalue weighted by Crippen LogP contribution is -2.25. The summed E-state index contributed by atoms with van der Waals surface area (Å²) in [6.45, 7) is 6.84. The van der Waals surface area contributed by atoms with Crippen LogP contribution in [-0.2, 0) is 4.79 Å². The van der Waals surface area contributed by atoms with Crippen molar-refractivity contribution < 1.29 is 14.6 Å². The van der Waals surface area contributed by atoms with Gasteiger partial charge in [-0.15, -0.1) is 0 Å². The van der Waals surface area contributed by atoms with Crippen molar-refractivity contribution in [2.75, 3.05) is 12.3 Å². The highest BCUT2D eigenvalue weighted by atomic mass is 16.5. The summed E-state index contributed by atoms with van der Waals surface area (Å²) in [5, 5.41) is 9.75. The first kappa shape index (κ1) is 26.2. The molecule has 2 aromatic carbocycles. The van der Waals surface area contributed by atoms with E-state index in [4.69, 9.17) is 10.5 Å². The average Bonchev–Trinajstić information content (AvgIpc) is 3.17. The number of hydrogen-bond acceptors (Lipinski definition) is 5. The number of rotatable bonds is 10. The molecule has 0 amide bonds. The van der Waals surface area contributed by atoms with Crippen LogP contribution >= 0.6 is 0 Å². The van der Waals surface area contributed by atoms with Gasteiger partial charge in [0.05, 0.1) is 11.0 Å². The van der Waals surface area contributed by atoms with E-state index in [9.17, 15) is 9.90 Å². The molecule has 1 aliphatic carbocycles. The monoisotopic (exact) mass is 491 g/mol. The number of nitrogen functional groups attached to an aromatic ring is 1. The zero-order chi connectivity index (χ0) is 25.7. The minimum Gasteiger partial charge on any atom is -0.457 e. The van der Waals surface area contributed by atoms with Gasteiger partial charge in [-0.05, 0) is 67.2 Å². The number of para-hydroxylation sites is 1. The fourth-order valence-electron chi connectivity index (χ4n) is 5.71. The van der Waals surface area contributed by atoms with E-state index < -0.39 is 0 Å². The molecular formula is C30H41N3O3. The van der Waals surface area contributed by atoms with Crippen LogP contribution < -0.4 is 10.5 Å². The fraction of sp³-hybridized carbons (Fsp3) is 0.533. The Morgan fingerprint density at radius 1 is 1.11 bits per heavy atom. The fourth-order valence-corrected chi connectivity index (χ4v) is 5.71. The van der Waals surface area contributed by atoms with Crippen LogP contribution in [-0.4, -0.2) is 27.0 Å². The van der Waals surface area contributed by atoms with Gasteiger partial charge < -0.3 is 20.1 Å². The van der Waals surface area contributed by atoms with Gasteiger partial charge in [0.15, 0.2) is 0 Å². The first-order valence-electron chi connectivity index (χ1n) is 13.4. The predicted octanol–water partition coefficient (Wildman–Crippen LogP) is 6.93. The molecule has 3 N–H and O–H groups in total. The van der Waals surface area contributed by atoms with Crippen LogP contribution in [0.1, 0.15) is 78.2 Å². The zero-order valence-corrected chi connectivity index (χ0v) is 22.0. The van der Waals surface area contributed by atoms with Crippen molar-refractivity contribution in [3.8, 4) is 11.5 Å². The van der Waals surface area contributed by atoms with Gasteiger partial charge in [-0.2, -0.15) is 0 Å². The average molecular weight is 492 g/mol. The van der Waals surface area contributed by atoms with E-state index in [0.717, 1.165) is 54.6 Å². The molecule has 0 radical (unpaired) electrons. The lowest BCUT2D eigenvalue weighted by Gasteiger charge is -2.30. The molecule has 194 valence electrons. The number of anilines is 1. The van der Waals surface area contributed by atoms with E-state index in [1.807, 2.05) is 48.5 Å². The van der Waals surface area contributed by atoms with Gasteiger partial charge in [0.2, 0.25) is 5.95 Å². The maximum Gasteiger partial charge on any atom is 0.201 e. The van der Waals surface area contributed by atoms with E-state index in [0.29, 0.717) is 31.1 Å². The molecule has 4 rings (SSSR count). The Labute approximate surface area is 214 Å². The summed E-state index contributed by atoms with van der Waals surface area (Å²) in [5.41, 5.74) is 8.27. The molecule has 1 aromatic heterocycles. The third-order valence-electron chi connectivity index (χ3n) is 7.43. The van der Waals surface area contributed by atoms with Crippen LogP contribution in [0.5, 0.6) is 11.5 Å². The molecule has 1 heterocycles. The summed E-state index contributed by atoms with van der Waals surface area (Å²) >= 11 is 0. The number of ketones is 1. The van der Waals surface area contributed by atoms with Crippen molar-refractivity contribution in [3.63, 3.8) is 0 Å². The maximum atomic E-state index is 13.1. The number of carbonyl (C=O) groups is 1. The smallest absolute Gasteiger partial charge is 0.201 e. The van der Waals surface area contributed by atoms with Crippen LogP contribution in [0, 0.1) is 17.3 Å². The largest absolute Gasteiger partial charge is 0.457 e. The summed E-state index contributed by atoms with van der Waals surface area (Å²) in [5.74, 6) is 2.84. The topological polar surface area (TPSA) is 90.4 Å². The number of benzene rings is 2. The molecule has 0 saturated heterocycles. The van der Waals surface area contributed by atoms with E-state index in [1.165, 1.54) is 0 Å². The number of Topliss-reactive ketones (excluding diaryl/α,β-unsaturated/α-hetero) is 1. The van der Waals surface area contributed by atoms with Gasteiger partial charge in [-0.1, -0.05) is 51.8 Å². The van der Waals surface area contributed by atoms with Crippen LogP contribution in [0.15, 0.2) is 48.5 Å². The summed E-state index contributed by atoms with van der Waals surface area (Å²) < 4.78 is 8.18. The number of imidazole rings is 1. The molecule has 0 aliphatic heterocycles. The first-order chi connectivity index (χ1) is 17.2. The second-order valence-corrected chi connectivity index (χ2v) is 11.6. The van der Waals surface area contributed by atoms with Crippen molar-refractivity contribution in [1.29, 1.82) is 0 Å². The molecule has 1 fully saturated rings. The Morgan fingerprint density at radius 3 is 2.53 bits per heavy atom. The Bertz CT molecular complexity index is 1150. The third kappa shape index (κ3) is 6.67. The molecule has 0 bridgehead atoms. The van der Waals surface area contributed by atoms with Crippen molar-refractivity contribution >= 4 is 22.8 Å². The Morgan fingerprint density at radius 2 is 1.83 bits per heavy atom. The normalized spacial score (nSPS) is 19.3. The molecule has 3 atom stereocenters. The molecule has 1 unspecified atom stereocenters. The van der Waals surface area contributed by atoms with Crippen molar-refractivity contribution in [3.05, 3.63) is 48.5 Å². The lowest BCUT2D eigenvalue weighted by molar-refractivity contribution is -0.121. The second kappa shape index (κ2) is 11.5. The van der Waals surface area contributed by atoms with Gasteiger partial charge in [0, 0.05) is 31.6 Å². The molecule has 1 saturated carbocycles. The number of hydrogen-bond donors (Lipinski definition) is 2. The predicted molar refractivity (Wildman–Crippen MR) is 145 cm³/mol. The number of carbonyl (C=O) groups excluding carboxylic acids is 1. The van der Waals surface area contributed by atoms with Crippen molar-refractivity contribution in [2.24, 2.45) is 17.3 Å². The number of aliphatic hydroxyl groups excluding tert-OH is 1. The molecule has 1 aliphatic rings. The lowest BCUT2D eigenvalue weighted by atomic mass is 9.76. The van der Waals surface area contributed by atoms with E-state index in [2.05, 4.69) is 30.3 Å². The van der Waals surface area contributed by atoms with Crippen LogP contribution in [0.25, 0.3) is 11.0 Å². The minimum atomic E-state index is 0.0471. The van der Waals surface area contributed by atoms with Gasteiger partial charge in [0.1, 0.15) is 17.3 Å². The maximum absolute atomic E-state index is 13.1. The van der Waals surface area contributed by atoms with E-state index >= 15 is 0 Å². The van der Waals surface area contributed by atoms with Crippen molar-refractivity contribution in [2.45, 2.75) is 78.2 Å². The van der Waals surface area contributed by atoms with Crippen LogP contribution in [0.2, 0.25) is 0 Å². The molecule has 0 spiro atoms. The molecule has 6 nitrogen and oxygen atoms in total. The summed E-state index contributed by atoms with van der Waals surface area (Å²) in [4.78, 5) is 17.7. The van der Waals surface area contributed by atoms with Gasteiger partial charge in [0.25, 0.3) is 0 Å². The highest BCUT2D eigenvalue weighted by Gasteiger charge is 2.28. The molecular weight excluding hydrogens is 450 g/mol. The summed E-state index contributed by atoms with van der Waals surface area (Å²) in [6, 6.07) is 15.6. The SMILES string of the molecule is CC(C)(C)C[C@H](CCC(=O)CC1CCCC[C@@H]1CO)n1c(N)nc2ccc(Oc3ccccc3)cc21. The van der Waals surface area contributed by atoms with Crippen molar-refractivity contribution in [1.82, 2.24) is 9.55 Å². The quantitative estimate of drug-likeness (QED) is 0.321. The third-order valence-corrected chi connectivity index (χ3v) is 7.43. The van der Waals surface area contributed by atoms with Crippen LogP contribution in [0.3, 0.4) is 0 Å². The molecule has 6 heteroatoms. The summed E-state index contributed by atoms with van der Waals surface area (Å²) in [7, 11) is 0. The summed E-state index contributed by atoms with van der Waals surface area (Å²) in [6.07, 6.45) is 7.07. The standard InChI is InChI=1S/C30H41N3O3/c1-30(2,3)19-23(13-14-24(35)17-21-9-7-8-10-22(21)20-34)33-28-18-26(15-16-27(28)32-29(33)31)36-25-11-5-4-6-12-25/h4-6,11-12,15-16,18,21-23,34H,7-10,13-14,17,19-20H2,1-3H3,(H2,31,32)/t21?,22-,23+/m1/s1. The number of nitrogens with zero attached hydrogens (tertiary/aromatic N) is 2.